The SMILES string of the molecule is CCN(c1ccc(-c2c(C)[nH]c(C)c2C(=O)O)cc1NC(=O)Nc1ccc(C)cc1)C1CCCCC1. The lowest BCUT2D eigenvalue weighted by atomic mass is 9.93. The van der Waals surface area contributed by atoms with Crippen LogP contribution in [0, 0.1) is 20.8 Å². The molecule has 2 aromatic carbocycles. The van der Waals surface area contributed by atoms with Gasteiger partial charge in [0.05, 0.1) is 16.9 Å². The molecule has 1 aliphatic rings. The Bertz CT molecular complexity index is 1240. The van der Waals surface area contributed by atoms with E-state index in [2.05, 4.69) is 27.4 Å². The smallest absolute Gasteiger partial charge is 0.338 e. The van der Waals surface area contributed by atoms with E-state index in [0.29, 0.717) is 28.7 Å². The van der Waals surface area contributed by atoms with E-state index in [0.717, 1.165) is 41.9 Å². The summed E-state index contributed by atoms with van der Waals surface area (Å²) in [6.45, 7) is 8.61. The van der Waals surface area contributed by atoms with Gasteiger partial charge in [-0.3, -0.25) is 0 Å². The zero-order chi connectivity index (χ0) is 25.8. The number of carboxylic acids is 1. The minimum atomic E-state index is -0.972. The van der Waals surface area contributed by atoms with E-state index in [1.54, 1.807) is 6.92 Å². The lowest BCUT2D eigenvalue weighted by Crippen LogP contribution is -2.37. The molecule has 3 aromatic rings. The van der Waals surface area contributed by atoms with E-state index < -0.39 is 5.97 Å². The van der Waals surface area contributed by atoms with Crippen LogP contribution < -0.4 is 15.5 Å². The van der Waals surface area contributed by atoms with Crippen LogP contribution in [0.25, 0.3) is 11.1 Å². The molecular weight excluding hydrogens is 452 g/mol. The van der Waals surface area contributed by atoms with Gasteiger partial charge in [0, 0.05) is 35.2 Å². The van der Waals surface area contributed by atoms with Crippen LogP contribution in [0.2, 0.25) is 0 Å². The highest BCUT2D eigenvalue weighted by Crippen LogP contribution is 2.38. The summed E-state index contributed by atoms with van der Waals surface area (Å²) in [6, 6.07) is 13.6. The van der Waals surface area contributed by atoms with Crippen LogP contribution in [0.5, 0.6) is 0 Å². The quantitative estimate of drug-likeness (QED) is 0.285. The Morgan fingerprint density at radius 1 is 0.972 bits per heavy atom. The number of aromatic nitrogens is 1. The van der Waals surface area contributed by atoms with E-state index in [1.165, 1.54) is 19.3 Å². The number of benzene rings is 2. The largest absolute Gasteiger partial charge is 0.478 e. The lowest BCUT2D eigenvalue weighted by Gasteiger charge is -2.36. The summed E-state index contributed by atoms with van der Waals surface area (Å²) in [4.78, 5) is 30.6. The lowest BCUT2D eigenvalue weighted by molar-refractivity contribution is 0.0697. The fourth-order valence-corrected chi connectivity index (χ4v) is 5.39. The summed E-state index contributed by atoms with van der Waals surface area (Å²) in [5.41, 5.74) is 6.50. The molecule has 0 spiro atoms. The summed E-state index contributed by atoms with van der Waals surface area (Å²) in [6.07, 6.45) is 5.94. The first-order valence-corrected chi connectivity index (χ1v) is 12.8. The summed E-state index contributed by atoms with van der Waals surface area (Å²) in [5.74, 6) is -0.972. The van der Waals surface area contributed by atoms with Crippen molar-refractivity contribution in [2.45, 2.75) is 65.8 Å². The van der Waals surface area contributed by atoms with E-state index in [1.807, 2.05) is 56.3 Å². The number of hydrogen-bond acceptors (Lipinski definition) is 3. The molecule has 1 saturated carbocycles. The summed E-state index contributed by atoms with van der Waals surface area (Å²) < 4.78 is 0. The Kier molecular flexibility index (Phi) is 7.67. The minimum Gasteiger partial charge on any atom is -0.478 e. The zero-order valence-electron chi connectivity index (χ0n) is 21.6. The summed E-state index contributed by atoms with van der Waals surface area (Å²) in [5, 5.41) is 15.8. The summed E-state index contributed by atoms with van der Waals surface area (Å²) in [7, 11) is 0. The molecule has 36 heavy (non-hydrogen) atoms. The second kappa shape index (κ2) is 10.9. The van der Waals surface area contributed by atoms with Crippen molar-refractivity contribution in [2.75, 3.05) is 22.1 Å². The van der Waals surface area contributed by atoms with Gasteiger partial charge in [-0.1, -0.05) is 43.0 Å². The van der Waals surface area contributed by atoms with Gasteiger partial charge in [0.15, 0.2) is 0 Å². The number of hydrogen-bond donors (Lipinski definition) is 4. The van der Waals surface area contributed by atoms with Gasteiger partial charge in [-0.2, -0.15) is 0 Å². The van der Waals surface area contributed by atoms with E-state index in [4.69, 9.17) is 0 Å². The van der Waals surface area contributed by atoms with E-state index >= 15 is 0 Å². The normalized spacial score (nSPS) is 13.9. The Labute approximate surface area is 212 Å². The maximum Gasteiger partial charge on any atom is 0.338 e. The Balaban J connectivity index is 1.74. The first-order chi connectivity index (χ1) is 17.3. The van der Waals surface area contributed by atoms with Crippen molar-refractivity contribution in [3.05, 3.63) is 65.0 Å². The number of aromatic carboxylic acids is 1. The van der Waals surface area contributed by atoms with Crippen LogP contribution in [0.4, 0.5) is 21.9 Å². The molecule has 0 unspecified atom stereocenters. The molecule has 0 saturated heterocycles. The van der Waals surface area contributed by atoms with Crippen molar-refractivity contribution in [1.82, 2.24) is 4.98 Å². The monoisotopic (exact) mass is 488 g/mol. The van der Waals surface area contributed by atoms with Crippen molar-refractivity contribution in [3.8, 4) is 11.1 Å². The third-order valence-corrected chi connectivity index (χ3v) is 7.10. The average Bonchev–Trinajstić information content (AvgIpc) is 3.16. The van der Waals surface area contributed by atoms with E-state index in [-0.39, 0.29) is 11.6 Å². The number of H-pyrrole nitrogens is 1. The number of anilines is 3. The highest BCUT2D eigenvalue weighted by molar-refractivity contribution is 6.04. The zero-order valence-corrected chi connectivity index (χ0v) is 21.6. The van der Waals surface area contributed by atoms with Crippen molar-refractivity contribution in [3.63, 3.8) is 0 Å². The molecule has 1 heterocycles. The number of nitrogens with one attached hydrogen (secondary N) is 3. The number of urea groups is 1. The number of nitrogens with zero attached hydrogens (tertiary/aromatic N) is 1. The molecule has 190 valence electrons. The third-order valence-electron chi connectivity index (χ3n) is 7.10. The number of rotatable bonds is 7. The standard InChI is InChI=1S/C29H36N4O3/c1-5-33(23-9-7-6-8-10-23)25-16-13-21(26-19(3)30-20(4)27(26)28(34)35)17-24(25)32-29(36)31-22-14-11-18(2)12-15-22/h11-17,23,30H,5-10H2,1-4H3,(H,34,35)(H2,31,32,36). The van der Waals surface area contributed by atoms with Crippen molar-refractivity contribution in [1.29, 1.82) is 0 Å². The van der Waals surface area contributed by atoms with Gasteiger partial charge in [0.1, 0.15) is 0 Å². The van der Waals surface area contributed by atoms with Crippen molar-refractivity contribution < 1.29 is 14.7 Å². The fraction of sp³-hybridized carbons (Fsp3) is 0.379. The molecule has 7 heteroatoms. The molecule has 7 nitrogen and oxygen atoms in total. The minimum absolute atomic E-state index is 0.259. The second-order valence-electron chi connectivity index (χ2n) is 9.69. The van der Waals surface area contributed by atoms with Crippen LogP contribution in [0.3, 0.4) is 0 Å². The average molecular weight is 489 g/mol. The van der Waals surface area contributed by atoms with Gasteiger partial charge in [-0.05, 0) is 70.4 Å². The molecule has 1 fully saturated rings. The molecular formula is C29H36N4O3. The molecule has 1 aliphatic carbocycles. The van der Waals surface area contributed by atoms with E-state index in [9.17, 15) is 14.7 Å². The Hall–Kier alpha value is -3.74. The number of amides is 2. The number of carbonyl (C=O) groups is 2. The number of aryl methyl sites for hydroxylation is 3. The third kappa shape index (κ3) is 5.40. The van der Waals surface area contributed by atoms with Gasteiger partial charge >= 0.3 is 12.0 Å². The molecule has 2 amide bonds. The molecule has 0 radical (unpaired) electrons. The van der Waals surface area contributed by atoms with Crippen LogP contribution in [0.1, 0.15) is 66.3 Å². The number of carbonyl (C=O) groups excluding carboxylic acids is 1. The topological polar surface area (TPSA) is 97.5 Å². The molecule has 4 rings (SSSR count). The highest BCUT2D eigenvalue weighted by atomic mass is 16.4. The number of aromatic amines is 1. The fourth-order valence-electron chi connectivity index (χ4n) is 5.39. The maximum atomic E-state index is 13.1. The second-order valence-corrected chi connectivity index (χ2v) is 9.69. The molecule has 4 N–H and O–H groups in total. The molecule has 1 aromatic heterocycles. The highest BCUT2D eigenvalue weighted by Gasteiger charge is 2.25. The first kappa shape index (κ1) is 25.4. The van der Waals surface area contributed by atoms with Gasteiger partial charge < -0.3 is 25.6 Å². The first-order valence-electron chi connectivity index (χ1n) is 12.8. The molecule has 0 atom stereocenters. The maximum absolute atomic E-state index is 13.1. The number of carboxylic acid groups (broad SMARTS) is 1. The van der Waals surface area contributed by atoms with Gasteiger partial charge in [-0.15, -0.1) is 0 Å². The molecule has 0 aliphatic heterocycles. The summed E-state index contributed by atoms with van der Waals surface area (Å²) >= 11 is 0. The van der Waals surface area contributed by atoms with Crippen LogP contribution >= 0.6 is 0 Å². The van der Waals surface area contributed by atoms with Crippen molar-refractivity contribution >= 4 is 29.1 Å². The van der Waals surface area contributed by atoms with Gasteiger partial charge in [-0.25, -0.2) is 9.59 Å². The van der Waals surface area contributed by atoms with Crippen LogP contribution in [-0.2, 0) is 0 Å². The van der Waals surface area contributed by atoms with Crippen LogP contribution in [-0.4, -0.2) is 34.7 Å². The van der Waals surface area contributed by atoms with Gasteiger partial charge in [0.2, 0.25) is 0 Å². The molecule has 0 bridgehead atoms. The van der Waals surface area contributed by atoms with Crippen LogP contribution in [0.15, 0.2) is 42.5 Å². The predicted octanol–water partition coefficient (Wildman–Crippen LogP) is 7.11. The Morgan fingerprint density at radius 2 is 1.67 bits per heavy atom. The van der Waals surface area contributed by atoms with Gasteiger partial charge in [0.25, 0.3) is 0 Å². The Morgan fingerprint density at radius 3 is 2.31 bits per heavy atom. The van der Waals surface area contributed by atoms with Crippen molar-refractivity contribution in [2.24, 2.45) is 0 Å². The predicted molar refractivity (Wildman–Crippen MR) is 146 cm³/mol.